The number of aromatic nitrogens is 2. The lowest BCUT2D eigenvalue weighted by molar-refractivity contribution is -0.126. The molecule has 9 heteroatoms. The highest BCUT2D eigenvalue weighted by Crippen LogP contribution is 2.29. The molecule has 3 N–H and O–H groups in total. The molecule has 3 rings (SSSR count). The average Bonchev–Trinajstić information content (AvgIpc) is 3.14. The summed E-state index contributed by atoms with van der Waals surface area (Å²) < 4.78 is 1.81. The largest absolute Gasteiger partial charge is 0.355 e. The maximum Gasteiger partial charge on any atom is 0.264 e. The van der Waals surface area contributed by atoms with Crippen molar-refractivity contribution in [1.82, 2.24) is 20.0 Å². The second-order valence-corrected chi connectivity index (χ2v) is 7.24. The Morgan fingerprint density at radius 1 is 1.48 bits per heavy atom. The summed E-state index contributed by atoms with van der Waals surface area (Å²) in [6.45, 7) is 4.02. The average molecular weight is 386 g/mol. The number of rotatable bonds is 4. The minimum absolute atomic E-state index is 0. The maximum atomic E-state index is 12.8. The predicted octanol–water partition coefficient (Wildman–Crippen LogP) is 1.29. The quantitative estimate of drug-likeness (QED) is 0.829. The summed E-state index contributed by atoms with van der Waals surface area (Å²) in [5, 5.41) is 8.22. The Balaban J connectivity index is 0.00000225. The van der Waals surface area contributed by atoms with Crippen molar-refractivity contribution in [3.05, 3.63) is 16.6 Å². The molecule has 1 fully saturated rings. The van der Waals surface area contributed by atoms with Crippen molar-refractivity contribution in [2.24, 2.45) is 18.7 Å². The summed E-state index contributed by atoms with van der Waals surface area (Å²) in [5.41, 5.74) is 6.35. The molecule has 0 bridgehead atoms. The molecular weight excluding hydrogens is 362 g/mol. The first-order valence-corrected chi connectivity index (χ1v) is 9.03. The summed E-state index contributed by atoms with van der Waals surface area (Å²) in [6, 6.07) is 1.92. The van der Waals surface area contributed by atoms with Crippen LogP contribution in [0.5, 0.6) is 0 Å². The minimum atomic E-state index is -0.146. The number of carbonyl (C=O) groups excluding carboxylic acids is 2. The Bertz CT molecular complexity index is 737. The van der Waals surface area contributed by atoms with Gasteiger partial charge in [-0.25, -0.2) is 0 Å². The normalized spacial score (nSPS) is 17.4. The highest BCUT2D eigenvalue weighted by atomic mass is 35.5. The van der Waals surface area contributed by atoms with Crippen molar-refractivity contribution in [1.29, 1.82) is 0 Å². The van der Waals surface area contributed by atoms with Crippen LogP contribution >= 0.6 is 23.7 Å². The van der Waals surface area contributed by atoms with Gasteiger partial charge in [-0.1, -0.05) is 0 Å². The smallest absolute Gasteiger partial charge is 0.264 e. The standard InChI is InChI=1S/C16H23N5O2S.ClH/c1-10-12-8-13(24-16(12)20(2)19-10)15(23)21-7-3-4-11(9-21)14(22)18-6-5-17;/h8,11H,3-7,9,17H2,1-2H3,(H,18,22);1H. The number of carbonyl (C=O) groups is 2. The Morgan fingerprint density at radius 2 is 2.24 bits per heavy atom. The lowest BCUT2D eigenvalue weighted by Gasteiger charge is -2.31. The van der Waals surface area contributed by atoms with Crippen LogP contribution in [0.2, 0.25) is 0 Å². The third-order valence-electron chi connectivity index (χ3n) is 4.43. The second-order valence-electron chi connectivity index (χ2n) is 6.21. The van der Waals surface area contributed by atoms with Crippen molar-refractivity contribution < 1.29 is 9.59 Å². The molecule has 0 radical (unpaired) electrons. The van der Waals surface area contributed by atoms with E-state index in [1.165, 1.54) is 11.3 Å². The Kier molecular flexibility index (Phi) is 6.42. The number of piperidine rings is 1. The van der Waals surface area contributed by atoms with Crippen LogP contribution in [-0.4, -0.2) is 52.7 Å². The number of thiophene rings is 1. The Morgan fingerprint density at radius 3 is 2.92 bits per heavy atom. The number of likely N-dealkylation sites (tertiary alicyclic amines) is 1. The van der Waals surface area contributed by atoms with Crippen LogP contribution < -0.4 is 11.1 Å². The van der Waals surface area contributed by atoms with E-state index in [1.54, 1.807) is 4.90 Å². The number of fused-ring (bicyclic) bond motifs is 1. The van der Waals surface area contributed by atoms with Crippen LogP contribution in [0.15, 0.2) is 6.07 Å². The summed E-state index contributed by atoms with van der Waals surface area (Å²) in [6.07, 6.45) is 1.66. The molecule has 2 aromatic rings. The fourth-order valence-corrected chi connectivity index (χ4v) is 4.27. The lowest BCUT2D eigenvalue weighted by Crippen LogP contribution is -2.46. The summed E-state index contributed by atoms with van der Waals surface area (Å²) in [5.74, 6) is -0.145. The zero-order chi connectivity index (χ0) is 17.3. The van der Waals surface area contributed by atoms with Gasteiger partial charge >= 0.3 is 0 Å². The van der Waals surface area contributed by atoms with E-state index >= 15 is 0 Å². The number of amides is 2. The zero-order valence-corrected chi connectivity index (χ0v) is 16.1. The fourth-order valence-electron chi connectivity index (χ4n) is 3.18. The van der Waals surface area contributed by atoms with Gasteiger partial charge in [0.2, 0.25) is 5.91 Å². The number of halogens is 1. The molecule has 138 valence electrons. The van der Waals surface area contributed by atoms with Gasteiger partial charge in [-0.3, -0.25) is 14.3 Å². The van der Waals surface area contributed by atoms with Crippen LogP contribution in [0, 0.1) is 12.8 Å². The first-order valence-electron chi connectivity index (χ1n) is 8.21. The van der Waals surface area contributed by atoms with Gasteiger partial charge < -0.3 is 16.0 Å². The first kappa shape index (κ1) is 19.7. The van der Waals surface area contributed by atoms with E-state index in [4.69, 9.17) is 5.73 Å². The molecule has 25 heavy (non-hydrogen) atoms. The molecule has 0 aromatic carbocycles. The van der Waals surface area contributed by atoms with E-state index in [0.717, 1.165) is 28.8 Å². The monoisotopic (exact) mass is 385 g/mol. The number of hydrogen-bond donors (Lipinski definition) is 2. The lowest BCUT2D eigenvalue weighted by atomic mass is 9.97. The zero-order valence-electron chi connectivity index (χ0n) is 14.4. The highest BCUT2D eigenvalue weighted by Gasteiger charge is 2.29. The summed E-state index contributed by atoms with van der Waals surface area (Å²) in [7, 11) is 1.89. The first-order chi connectivity index (χ1) is 11.5. The van der Waals surface area contributed by atoms with Gasteiger partial charge in [-0.05, 0) is 25.8 Å². The van der Waals surface area contributed by atoms with Crippen LogP contribution in [0.25, 0.3) is 10.2 Å². The molecule has 1 saturated heterocycles. The highest BCUT2D eigenvalue weighted by molar-refractivity contribution is 7.20. The van der Waals surface area contributed by atoms with Crippen molar-refractivity contribution in [2.75, 3.05) is 26.2 Å². The van der Waals surface area contributed by atoms with Gasteiger partial charge in [0.15, 0.2) is 0 Å². The molecule has 2 aromatic heterocycles. The van der Waals surface area contributed by atoms with Gasteiger partial charge in [-0.15, -0.1) is 23.7 Å². The summed E-state index contributed by atoms with van der Waals surface area (Å²) >= 11 is 1.46. The summed E-state index contributed by atoms with van der Waals surface area (Å²) in [4.78, 5) is 28.5. The van der Waals surface area contributed by atoms with Gasteiger partial charge in [0, 0.05) is 38.6 Å². The molecule has 2 amide bonds. The topological polar surface area (TPSA) is 93.2 Å². The van der Waals surface area contributed by atoms with E-state index in [2.05, 4.69) is 10.4 Å². The number of aryl methyl sites for hydroxylation is 2. The maximum absolute atomic E-state index is 12.8. The van der Waals surface area contributed by atoms with E-state index in [0.29, 0.717) is 31.1 Å². The van der Waals surface area contributed by atoms with Crippen molar-refractivity contribution in [2.45, 2.75) is 19.8 Å². The van der Waals surface area contributed by atoms with Gasteiger partial charge in [-0.2, -0.15) is 5.10 Å². The van der Waals surface area contributed by atoms with E-state index in [-0.39, 0.29) is 30.1 Å². The molecule has 0 saturated carbocycles. The molecule has 0 aliphatic carbocycles. The van der Waals surface area contributed by atoms with Crippen LogP contribution in [-0.2, 0) is 11.8 Å². The molecular formula is C16H24ClN5O2S. The van der Waals surface area contributed by atoms with Gasteiger partial charge in [0.25, 0.3) is 5.91 Å². The molecule has 1 unspecified atom stereocenters. The Hall–Kier alpha value is -1.64. The number of nitrogens with one attached hydrogen (secondary N) is 1. The van der Waals surface area contributed by atoms with E-state index in [1.807, 2.05) is 24.7 Å². The molecule has 1 atom stereocenters. The number of nitrogens with zero attached hydrogens (tertiary/aromatic N) is 3. The van der Waals surface area contributed by atoms with Crippen LogP contribution in [0.3, 0.4) is 0 Å². The third-order valence-corrected chi connectivity index (χ3v) is 5.62. The third kappa shape index (κ3) is 3.96. The Labute approximate surface area is 156 Å². The van der Waals surface area contributed by atoms with Gasteiger partial charge in [0.1, 0.15) is 4.83 Å². The second kappa shape index (κ2) is 8.16. The molecule has 7 nitrogen and oxygen atoms in total. The van der Waals surface area contributed by atoms with Crippen molar-refractivity contribution in [3.8, 4) is 0 Å². The van der Waals surface area contributed by atoms with Gasteiger partial charge in [0.05, 0.1) is 16.5 Å². The fraction of sp³-hybridized carbons (Fsp3) is 0.562. The predicted molar refractivity (Wildman–Crippen MR) is 101 cm³/mol. The number of nitrogens with two attached hydrogens (primary N) is 1. The molecule has 0 spiro atoms. The van der Waals surface area contributed by atoms with Crippen molar-refractivity contribution >= 4 is 45.8 Å². The minimum Gasteiger partial charge on any atom is -0.355 e. The SMILES string of the molecule is Cc1nn(C)c2sc(C(=O)N3CCCC(C(=O)NCCN)C3)cc12.Cl. The molecule has 3 heterocycles. The van der Waals surface area contributed by atoms with Crippen LogP contribution in [0.4, 0.5) is 0 Å². The number of hydrogen-bond acceptors (Lipinski definition) is 5. The molecule has 1 aliphatic rings. The molecule has 1 aliphatic heterocycles. The van der Waals surface area contributed by atoms with E-state index in [9.17, 15) is 9.59 Å². The van der Waals surface area contributed by atoms with Crippen LogP contribution in [0.1, 0.15) is 28.2 Å². The van der Waals surface area contributed by atoms with Crippen molar-refractivity contribution in [3.63, 3.8) is 0 Å². The van der Waals surface area contributed by atoms with E-state index < -0.39 is 0 Å².